The van der Waals surface area contributed by atoms with Crippen molar-refractivity contribution < 1.29 is 5.11 Å². The van der Waals surface area contributed by atoms with Gasteiger partial charge in [-0.2, -0.15) is 0 Å². The Hall–Kier alpha value is -0.570. The molecular formula is C10H15NOS. The molecule has 1 fully saturated rings. The zero-order chi connectivity index (χ0) is 9.26. The van der Waals surface area contributed by atoms with Gasteiger partial charge in [-0.15, -0.1) is 11.3 Å². The highest BCUT2D eigenvalue weighted by atomic mass is 32.1. The van der Waals surface area contributed by atoms with E-state index in [9.17, 15) is 0 Å². The monoisotopic (exact) mass is 197 g/mol. The van der Waals surface area contributed by atoms with Gasteiger partial charge >= 0.3 is 0 Å². The molecular weight excluding hydrogens is 182 g/mol. The highest BCUT2D eigenvalue weighted by molar-refractivity contribution is 7.09. The first-order valence-corrected chi connectivity index (χ1v) is 5.78. The summed E-state index contributed by atoms with van der Waals surface area (Å²) in [4.78, 5) is 4.13. The largest absolute Gasteiger partial charge is 0.493 e. The highest BCUT2D eigenvalue weighted by Crippen LogP contribution is 2.37. The van der Waals surface area contributed by atoms with E-state index in [1.807, 2.05) is 0 Å². The summed E-state index contributed by atoms with van der Waals surface area (Å²) < 4.78 is 0. The van der Waals surface area contributed by atoms with Crippen LogP contribution in [-0.2, 0) is 0 Å². The number of aromatic nitrogens is 1. The molecule has 0 radical (unpaired) electrons. The first kappa shape index (κ1) is 9.00. The van der Waals surface area contributed by atoms with Gasteiger partial charge in [0.1, 0.15) is 0 Å². The molecule has 0 saturated heterocycles. The summed E-state index contributed by atoms with van der Waals surface area (Å²) in [7, 11) is 0. The summed E-state index contributed by atoms with van der Waals surface area (Å²) in [5.41, 5.74) is 0. The van der Waals surface area contributed by atoms with Crippen molar-refractivity contribution in [3.63, 3.8) is 0 Å². The number of nitrogens with zero attached hydrogens (tertiary/aromatic N) is 1. The van der Waals surface area contributed by atoms with Crippen molar-refractivity contribution in [2.24, 2.45) is 5.92 Å². The Morgan fingerprint density at radius 1 is 1.38 bits per heavy atom. The molecule has 72 valence electrons. The van der Waals surface area contributed by atoms with Crippen LogP contribution in [0.3, 0.4) is 0 Å². The maximum Gasteiger partial charge on any atom is 0.222 e. The number of aromatic hydroxyl groups is 1. The van der Waals surface area contributed by atoms with E-state index >= 15 is 0 Å². The van der Waals surface area contributed by atoms with Gasteiger partial charge in [0, 0.05) is 5.92 Å². The Balaban J connectivity index is 2.02. The van der Waals surface area contributed by atoms with Crippen LogP contribution in [0.1, 0.15) is 43.5 Å². The first-order valence-electron chi connectivity index (χ1n) is 4.90. The summed E-state index contributed by atoms with van der Waals surface area (Å²) in [5, 5.41) is 12.0. The van der Waals surface area contributed by atoms with Crippen LogP contribution >= 0.6 is 11.3 Å². The first-order chi connectivity index (χ1) is 6.25. The molecule has 1 heterocycles. The Morgan fingerprint density at radius 2 is 2.08 bits per heavy atom. The summed E-state index contributed by atoms with van der Waals surface area (Å²) in [5.74, 6) is 1.69. The molecule has 0 aromatic carbocycles. The number of hydrogen-bond donors (Lipinski definition) is 1. The topological polar surface area (TPSA) is 33.1 Å². The smallest absolute Gasteiger partial charge is 0.222 e. The van der Waals surface area contributed by atoms with E-state index in [1.54, 1.807) is 16.7 Å². The van der Waals surface area contributed by atoms with E-state index in [0.717, 1.165) is 10.9 Å². The molecule has 0 amide bonds. The molecule has 2 rings (SSSR count). The fourth-order valence-corrected chi connectivity index (χ4v) is 2.83. The van der Waals surface area contributed by atoms with Gasteiger partial charge in [-0.3, -0.25) is 0 Å². The van der Waals surface area contributed by atoms with Crippen LogP contribution in [0.5, 0.6) is 5.88 Å². The fourth-order valence-electron chi connectivity index (χ4n) is 1.97. The van der Waals surface area contributed by atoms with Crippen LogP contribution in [0.2, 0.25) is 0 Å². The van der Waals surface area contributed by atoms with Crippen LogP contribution in [0, 0.1) is 5.92 Å². The van der Waals surface area contributed by atoms with Gasteiger partial charge in [0.05, 0.1) is 10.4 Å². The molecule has 1 saturated carbocycles. The van der Waals surface area contributed by atoms with E-state index in [2.05, 4.69) is 11.9 Å². The Bertz CT molecular complexity index is 276. The van der Waals surface area contributed by atoms with Gasteiger partial charge in [0.15, 0.2) is 0 Å². The maximum atomic E-state index is 9.14. The highest BCUT2D eigenvalue weighted by Gasteiger charge is 2.21. The molecule has 3 heteroatoms. The van der Waals surface area contributed by atoms with E-state index < -0.39 is 0 Å². The van der Waals surface area contributed by atoms with E-state index in [4.69, 9.17) is 5.11 Å². The third kappa shape index (κ3) is 2.02. The average Bonchev–Trinajstić information content (AvgIpc) is 2.53. The van der Waals surface area contributed by atoms with E-state index in [1.165, 1.54) is 25.7 Å². The van der Waals surface area contributed by atoms with Gasteiger partial charge in [0.25, 0.3) is 0 Å². The summed E-state index contributed by atoms with van der Waals surface area (Å²) in [6.07, 6.45) is 5.11. The van der Waals surface area contributed by atoms with Crippen molar-refractivity contribution in [3.05, 3.63) is 10.4 Å². The lowest BCUT2D eigenvalue weighted by molar-refractivity contribution is 0.345. The molecule has 13 heavy (non-hydrogen) atoms. The zero-order valence-electron chi connectivity index (χ0n) is 7.86. The van der Waals surface area contributed by atoms with Crippen LogP contribution in [0.25, 0.3) is 0 Å². The van der Waals surface area contributed by atoms with Gasteiger partial charge in [-0.05, 0) is 18.8 Å². The minimum atomic E-state index is 0.193. The van der Waals surface area contributed by atoms with Crippen LogP contribution in [-0.4, -0.2) is 10.1 Å². The standard InChI is InChI=1S/C10H15NOS/c1-7-2-4-8(5-3-7)10-11-9(12)6-13-10/h6-8,12H,2-5H2,1H3. The normalized spacial score (nSPS) is 29.0. The van der Waals surface area contributed by atoms with Gasteiger partial charge in [0.2, 0.25) is 5.88 Å². The van der Waals surface area contributed by atoms with Crippen molar-refractivity contribution in [2.75, 3.05) is 0 Å². The number of rotatable bonds is 1. The maximum absolute atomic E-state index is 9.14. The van der Waals surface area contributed by atoms with Crippen LogP contribution in [0.15, 0.2) is 5.38 Å². The Morgan fingerprint density at radius 3 is 2.62 bits per heavy atom. The van der Waals surface area contributed by atoms with Gasteiger partial charge in [-0.1, -0.05) is 19.8 Å². The number of thiazole rings is 1. The SMILES string of the molecule is CC1CCC(c2nc(O)cs2)CC1. The average molecular weight is 197 g/mol. The fraction of sp³-hybridized carbons (Fsp3) is 0.700. The predicted molar refractivity (Wildman–Crippen MR) is 54.2 cm³/mol. The van der Waals surface area contributed by atoms with Crippen molar-refractivity contribution in [3.8, 4) is 5.88 Å². The molecule has 1 aliphatic rings. The van der Waals surface area contributed by atoms with E-state index in [-0.39, 0.29) is 5.88 Å². The summed E-state index contributed by atoms with van der Waals surface area (Å²) >= 11 is 1.60. The minimum Gasteiger partial charge on any atom is -0.493 e. The molecule has 0 bridgehead atoms. The molecule has 0 unspecified atom stereocenters. The lowest BCUT2D eigenvalue weighted by Gasteiger charge is -2.24. The van der Waals surface area contributed by atoms with Crippen molar-refractivity contribution in [1.82, 2.24) is 4.98 Å². The second kappa shape index (κ2) is 3.66. The van der Waals surface area contributed by atoms with Crippen molar-refractivity contribution >= 4 is 11.3 Å². The molecule has 1 aromatic heterocycles. The molecule has 1 aliphatic carbocycles. The molecule has 0 spiro atoms. The summed E-state index contributed by atoms with van der Waals surface area (Å²) in [6, 6.07) is 0. The molecule has 0 atom stereocenters. The lowest BCUT2D eigenvalue weighted by atomic mass is 9.83. The minimum absolute atomic E-state index is 0.193. The number of hydrogen-bond acceptors (Lipinski definition) is 3. The Labute approximate surface area is 82.6 Å². The van der Waals surface area contributed by atoms with Crippen LogP contribution < -0.4 is 0 Å². The second-order valence-electron chi connectivity index (χ2n) is 4.00. The van der Waals surface area contributed by atoms with Crippen LogP contribution in [0.4, 0.5) is 0 Å². The Kier molecular flexibility index (Phi) is 2.54. The van der Waals surface area contributed by atoms with Gasteiger partial charge < -0.3 is 5.11 Å². The molecule has 2 nitrogen and oxygen atoms in total. The molecule has 0 aliphatic heterocycles. The van der Waals surface area contributed by atoms with Crippen molar-refractivity contribution in [1.29, 1.82) is 0 Å². The third-order valence-electron chi connectivity index (χ3n) is 2.87. The zero-order valence-corrected chi connectivity index (χ0v) is 8.68. The molecule has 1 aromatic rings. The summed E-state index contributed by atoms with van der Waals surface area (Å²) in [6.45, 7) is 2.32. The quantitative estimate of drug-likeness (QED) is 0.750. The van der Waals surface area contributed by atoms with Gasteiger partial charge in [-0.25, -0.2) is 4.98 Å². The third-order valence-corrected chi connectivity index (χ3v) is 3.87. The van der Waals surface area contributed by atoms with E-state index in [0.29, 0.717) is 5.92 Å². The predicted octanol–water partition coefficient (Wildman–Crippen LogP) is 3.14. The van der Waals surface area contributed by atoms with Crippen molar-refractivity contribution in [2.45, 2.75) is 38.5 Å². The molecule has 1 N–H and O–H groups in total. The second-order valence-corrected chi connectivity index (χ2v) is 4.89. The lowest BCUT2D eigenvalue weighted by Crippen LogP contribution is -2.10.